The summed E-state index contributed by atoms with van der Waals surface area (Å²) in [7, 11) is -2.17. The Balaban J connectivity index is 1.35. The summed E-state index contributed by atoms with van der Waals surface area (Å²) in [5.74, 6) is 1.15. The summed E-state index contributed by atoms with van der Waals surface area (Å²) in [6.07, 6.45) is -2.76. The first-order chi connectivity index (χ1) is 18.9. The Morgan fingerprint density at radius 3 is 2.45 bits per heavy atom. The van der Waals surface area contributed by atoms with Gasteiger partial charge in [0, 0.05) is 58.2 Å². The van der Waals surface area contributed by atoms with E-state index in [0.29, 0.717) is 36.2 Å². The smallest absolute Gasteiger partial charge is 0.381 e. The third kappa shape index (κ3) is 5.90. The second-order valence-corrected chi connectivity index (χ2v) is 12.2. The number of hydrogen-bond acceptors (Lipinski definition) is 8. The number of alkyl halides is 3. The molecule has 5 rings (SSSR count). The van der Waals surface area contributed by atoms with Crippen LogP contribution < -0.4 is 15.1 Å². The number of likely N-dealkylation sites (N-methyl/N-ethyl adjacent to an activating group) is 1. The molecule has 0 spiro atoms. The zero-order valence-electron chi connectivity index (χ0n) is 22.4. The first-order valence-electron chi connectivity index (χ1n) is 13.2. The van der Waals surface area contributed by atoms with Gasteiger partial charge in [-0.15, -0.1) is 0 Å². The van der Waals surface area contributed by atoms with Crippen LogP contribution >= 0.6 is 0 Å². The Hall–Kier alpha value is -2.94. The molecule has 0 radical (unpaired) electrons. The normalized spacial score (nSPS) is 21.9. The van der Waals surface area contributed by atoms with Crippen LogP contribution in [0.1, 0.15) is 19.8 Å². The average molecular weight is 583 g/mol. The molecule has 4 heterocycles. The summed E-state index contributed by atoms with van der Waals surface area (Å²) in [6, 6.07) is 9.56. The molecule has 1 amide bonds. The molecule has 10 nitrogen and oxygen atoms in total. The Morgan fingerprint density at radius 1 is 1.07 bits per heavy atom. The van der Waals surface area contributed by atoms with Gasteiger partial charge in [-0.1, -0.05) is 6.07 Å². The second-order valence-electron chi connectivity index (χ2n) is 10.3. The van der Waals surface area contributed by atoms with Gasteiger partial charge in [0.15, 0.2) is 5.82 Å². The highest BCUT2D eigenvalue weighted by Crippen LogP contribution is 2.38. The lowest BCUT2D eigenvalue weighted by Gasteiger charge is -2.44. The predicted octanol–water partition coefficient (Wildman–Crippen LogP) is 3.04. The zero-order chi connectivity index (χ0) is 28.7. The summed E-state index contributed by atoms with van der Waals surface area (Å²) in [6.45, 7) is 2.03. The molecule has 0 unspecified atom stereocenters. The molecule has 0 aliphatic carbocycles. The number of fused-ring (bicyclic) bond motifs is 1. The Labute approximate surface area is 231 Å². The SMILES string of the molecule is C[C@@H]1C(=O)N(C)c2ccc(Nc3cccc(S(=O)(=O)N4CCN(CC(F)(F)F)CC4)c3)nc2N1C1CCOCC1. The number of carbonyl (C=O) groups is 1. The number of aromatic nitrogens is 1. The molecule has 218 valence electrons. The monoisotopic (exact) mass is 582 g/mol. The van der Waals surface area contributed by atoms with E-state index in [4.69, 9.17) is 9.72 Å². The van der Waals surface area contributed by atoms with Crippen molar-refractivity contribution in [3.63, 3.8) is 0 Å². The molecule has 1 aromatic carbocycles. The standard InChI is InChI=1S/C26H33F3N6O4S/c1-18-25(36)32(2)22-6-7-23(31-24(22)35(18)20-8-14-39-15-9-20)30-19-4-3-5-21(16-19)40(37,38)34-12-10-33(11-13-34)17-26(27,28)29/h3-7,16,18,20H,8-15,17H2,1-2H3,(H,30,31)/t18-/m1/s1. The van der Waals surface area contributed by atoms with Gasteiger partial charge in [0.25, 0.3) is 0 Å². The van der Waals surface area contributed by atoms with Crippen molar-refractivity contribution in [2.45, 2.75) is 42.9 Å². The number of piperazine rings is 1. The van der Waals surface area contributed by atoms with Crippen molar-refractivity contribution >= 4 is 38.9 Å². The summed E-state index contributed by atoms with van der Waals surface area (Å²) in [4.78, 5) is 22.7. The number of pyridine rings is 1. The molecule has 2 fully saturated rings. The molecule has 2 aromatic rings. The molecule has 3 aliphatic heterocycles. The number of carbonyl (C=O) groups excluding carboxylic acids is 1. The lowest BCUT2D eigenvalue weighted by molar-refractivity contribution is -0.148. The molecule has 40 heavy (non-hydrogen) atoms. The van der Waals surface area contributed by atoms with Crippen LogP contribution in [0.3, 0.4) is 0 Å². The molecule has 2 saturated heterocycles. The fraction of sp³-hybridized carbons (Fsp3) is 0.538. The number of ether oxygens (including phenoxy) is 1. The Bertz CT molecular complexity index is 1340. The van der Waals surface area contributed by atoms with E-state index in [1.807, 2.05) is 13.0 Å². The minimum Gasteiger partial charge on any atom is -0.381 e. The maximum Gasteiger partial charge on any atom is 0.401 e. The summed E-state index contributed by atoms with van der Waals surface area (Å²) in [5.41, 5.74) is 1.19. The minimum absolute atomic E-state index is 0.00865. The first-order valence-corrected chi connectivity index (χ1v) is 14.7. The summed E-state index contributed by atoms with van der Waals surface area (Å²) >= 11 is 0. The molecule has 3 aliphatic rings. The third-order valence-corrected chi connectivity index (χ3v) is 9.52. The van der Waals surface area contributed by atoms with Crippen LogP contribution in [0.2, 0.25) is 0 Å². The van der Waals surface area contributed by atoms with Crippen molar-refractivity contribution in [2.75, 3.05) is 68.1 Å². The van der Waals surface area contributed by atoms with Crippen LogP contribution in [0.5, 0.6) is 0 Å². The largest absolute Gasteiger partial charge is 0.401 e. The van der Waals surface area contributed by atoms with E-state index >= 15 is 0 Å². The first kappa shape index (κ1) is 28.6. The van der Waals surface area contributed by atoms with Gasteiger partial charge in [-0.3, -0.25) is 9.69 Å². The van der Waals surface area contributed by atoms with Crippen LogP contribution in [0.15, 0.2) is 41.3 Å². The maximum atomic E-state index is 13.3. The highest BCUT2D eigenvalue weighted by atomic mass is 32.2. The van der Waals surface area contributed by atoms with Crippen molar-refractivity contribution in [1.82, 2.24) is 14.2 Å². The van der Waals surface area contributed by atoms with Crippen LogP contribution in [0, 0.1) is 0 Å². The van der Waals surface area contributed by atoms with E-state index < -0.39 is 28.8 Å². The number of benzene rings is 1. The molecule has 1 atom stereocenters. The molecule has 0 saturated carbocycles. The van der Waals surface area contributed by atoms with Gasteiger partial charge in [0.05, 0.1) is 17.1 Å². The molecule has 0 bridgehead atoms. The van der Waals surface area contributed by atoms with E-state index in [-0.39, 0.29) is 43.0 Å². The lowest BCUT2D eigenvalue weighted by atomic mass is 10.0. The predicted molar refractivity (Wildman–Crippen MR) is 144 cm³/mol. The summed E-state index contributed by atoms with van der Waals surface area (Å²) in [5, 5.41) is 3.18. The Kier molecular flexibility index (Phi) is 7.97. The van der Waals surface area contributed by atoms with Gasteiger partial charge >= 0.3 is 6.18 Å². The molecule has 1 N–H and O–H groups in total. The van der Waals surface area contributed by atoms with E-state index in [9.17, 15) is 26.4 Å². The lowest BCUT2D eigenvalue weighted by Crippen LogP contribution is -2.56. The third-order valence-electron chi connectivity index (χ3n) is 7.63. The Morgan fingerprint density at radius 2 is 1.77 bits per heavy atom. The second kappa shape index (κ2) is 11.1. The van der Waals surface area contributed by atoms with E-state index in [1.165, 1.54) is 21.3 Å². The highest BCUT2D eigenvalue weighted by Gasteiger charge is 2.39. The highest BCUT2D eigenvalue weighted by molar-refractivity contribution is 7.89. The number of sulfonamides is 1. The minimum atomic E-state index is -4.32. The number of anilines is 4. The molecular weight excluding hydrogens is 549 g/mol. The average Bonchev–Trinajstić information content (AvgIpc) is 2.92. The van der Waals surface area contributed by atoms with Crippen LogP contribution in [-0.2, 0) is 19.6 Å². The number of halogens is 3. The van der Waals surface area contributed by atoms with Crippen molar-refractivity contribution in [3.8, 4) is 0 Å². The van der Waals surface area contributed by atoms with E-state index in [2.05, 4.69) is 10.2 Å². The fourth-order valence-corrected chi connectivity index (χ4v) is 7.00. The quantitative estimate of drug-likeness (QED) is 0.555. The number of rotatable bonds is 6. The number of amides is 1. The zero-order valence-corrected chi connectivity index (χ0v) is 23.2. The maximum absolute atomic E-state index is 13.3. The summed E-state index contributed by atoms with van der Waals surface area (Å²) < 4.78 is 71.4. The van der Waals surface area contributed by atoms with Crippen LogP contribution in [0.25, 0.3) is 0 Å². The topological polar surface area (TPSA) is 98.3 Å². The van der Waals surface area contributed by atoms with Gasteiger partial charge in [0.2, 0.25) is 15.9 Å². The van der Waals surface area contributed by atoms with E-state index in [0.717, 1.165) is 12.8 Å². The van der Waals surface area contributed by atoms with Gasteiger partial charge < -0.3 is 19.9 Å². The van der Waals surface area contributed by atoms with Gasteiger partial charge in [-0.25, -0.2) is 13.4 Å². The van der Waals surface area contributed by atoms with Crippen molar-refractivity contribution in [2.24, 2.45) is 0 Å². The van der Waals surface area contributed by atoms with Gasteiger partial charge in [0.1, 0.15) is 11.9 Å². The van der Waals surface area contributed by atoms with Crippen molar-refractivity contribution < 1.29 is 31.1 Å². The van der Waals surface area contributed by atoms with Crippen LogP contribution in [-0.4, -0.2) is 99.8 Å². The van der Waals surface area contributed by atoms with E-state index in [1.54, 1.807) is 30.1 Å². The number of nitrogens with zero attached hydrogens (tertiary/aromatic N) is 5. The number of hydrogen-bond donors (Lipinski definition) is 1. The fourth-order valence-electron chi connectivity index (χ4n) is 5.53. The molecule has 14 heteroatoms. The van der Waals surface area contributed by atoms with Crippen LogP contribution in [0.4, 0.5) is 36.2 Å². The van der Waals surface area contributed by atoms with Crippen molar-refractivity contribution in [1.29, 1.82) is 0 Å². The van der Waals surface area contributed by atoms with Gasteiger partial charge in [-0.05, 0) is 50.1 Å². The number of nitrogens with one attached hydrogen (secondary N) is 1. The molecular formula is C26H33F3N6O4S. The van der Waals surface area contributed by atoms with Gasteiger partial charge in [-0.2, -0.15) is 17.5 Å². The van der Waals surface area contributed by atoms with Crippen molar-refractivity contribution in [3.05, 3.63) is 36.4 Å². The molecule has 1 aromatic heterocycles.